The van der Waals surface area contributed by atoms with E-state index in [4.69, 9.17) is 16.3 Å². The molecule has 6 heteroatoms. The number of halogens is 1. The summed E-state index contributed by atoms with van der Waals surface area (Å²) in [6, 6.07) is 9.94. The molecular formula is C19H20ClN3O2. The van der Waals surface area contributed by atoms with Gasteiger partial charge in [0.1, 0.15) is 16.8 Å². The second kappa shape index (κ2) is 8.00. The third-order valence-corrected chi connectivity index (χ3v) is 3.93. The van der Waals surface area contributed by atoms with Crippen molar-refractivity contribution in [2.24, 2.45) is 0 Å². The van der Waals surface area contributed by atoms with Crippen LogP contribution in [0.4, 0.5) is 0 Å². The number of aromatic nitrogens is 2. The van der Waals surface area contributed by atoms with Gasteiger partial charge in [-0.1, -0.05) is 41.4 Å². The second-order valence-electron chi connectivity index (χ2n) is 6.06. The van der Waals surface area contributed by atoms with Gasteiger partial charge in [0.05, 0.1) is 18.3 Å². The molecule has 0 saturated carbocycles. The molecule has 5 nitrogen and oxygen atoms in total. The van der Waals surface area contributed by atoms with Crippen molar-refractivity contribution in [2.45, 2.75) is 40.3 Å². The molecule has 130 valence electrons. The highest BCUT2D eigenvalue weighted by molar-refractivity contribution is 6.31. The van der Waals surface area contributed by atoms with Gasteiger partial charge in [-0.25, -0.2) is 9.48 Å². The van der Waals surface area contributed by atoms with Gasteiger partial charge in [0.25, 0.3) is 0 Å². The van der Waals surface area contributed by atoms with Crippen molar-refractivity contribution in [2.75, 3.05) is 0 Å². The molecule has 0 saturated heterocycles. The smallest absolute Gasteiger partial charge is 0.349 e. The van der Waals surface area contributed by atoms with Gasteiger partial charge in [-0.05, 0) is 39.3 Å². The lowest BCUT2D eigenvalue weighted by molar-refractivity contribution is -0.142. The fraction of sp³-hybridized carbons (Fsp3) is 0.316. The van der Waals surface area contributed by atoms with Gasteiger partial charge in [0, 0.05) is 5.56 Å². The van der Waals surface area contributed by atoms with Crippen molar-refractivity contribution in [3.05, 3.63) is 57.4 Å². The van der Waals surface area contributed by atoms with Gasteiger partial charge >= 0.3 is 5.97 Å². The van der Waals surface area contributed by atoms with E-state index in [1.807, 2.05) is 37.3 Å². The van der Waals surface area contributed by atoms with Crippen molar-refractivity contribution < 1.29 is 9.53 Å². The number of nitrogens with zero attached hydrogens (tertiary/aromatic N) is 3. The van der Waals surface area contributed by atoms with Crippen molar-refractivity contribution in [3.63, 3.8) is 0 Å². The average molecular weight is 358 g/mol. The zero-order valence-electron chi connectivity index (χ0n) is 14.7. The van der Waals surface area contributed by atoms with Crippen LogP contribution >= 0.6 is 11.6 Å². The van der Waals surface area contributed by atoms with Crippen molar-refractivity contribution in [1.82, 2.24) is 9.78 Å². The summed E-state index contributed by atoms with van der Waals surface area (Å²) in [4.78, 5) is 12.0. The van der Waals surface area contributed by atoms with Gasteiger partial charge in [-0.3, -0.25) is 0 Å². The van der Waals surface area contributed by atoms with E-state index in [1.54, 1.807) is 25.5 Å². The van der Waals surface area contributed by atoms with Crippen LogP contribution in [0.5, 0.6) is 0 Å². The molecular weight excluding hydrogens is 338 g/mol. The highest BCUT2D eigenvalue weighted by Crippen LogP contribution is 2.24. The molecule has 0 atom stereocenters. The lowest BCUT2D eigenvalue weighted by atomic mass is 10.1. The predicted molar refractivity (Wildman–Crippen MR) is 97.1 cm³/mol. The van der Waals surface area contributed by atoms with Gasteiger partial charge in [0.15, 0.2) is 0 Å². The molecule has 0 fully saturated rings. The Balaban J connectivity index is 2.32. The molecule has 0 aliphatic heterocycles. The van der Waals surface area contributed by atoms with E-state index in [9.17, 15) is 10.1 Å². The van der Waals surface area contributed by atoms with Crippen LogP contribution in [0.25, 0.3) is 6.08 Å². The Bertz CT molecular complexity index is 843. The fourth-order valence-corrected chi connectivity index (χ4v) is 2.55. The van der Waals surface area contributed by atoms with Crippen LogP contribution in [-0.2, 0) is 16.1 Å². The monoisotopic (exact) mass is 357 g/mol. The quantitative estimate of drug-likeness (QED) is 0.459. The summed E-state index contributed by atoms with van der Waals surface area (Å²) >= 11 is 6.42. The molecule has 0 N–H and O–H groups in total. The van der Waals surface area contributed by atoms with Crippen LogP contribution in [0, 0.1) is 25.2 Å². The molecule has 0 bridgehead atoms. The minimum atomic E-state index is -0.667. The second-order valence-corrected chi connectivity index (χ2v) is 6.42. The fourth-order valence-electron chi connectivity index (χ4n) is 2.26. The van der Waals surface area contributed by atoms with Crippen molar-refractivity contribution in [1.29, 1.82) is 5.26 Å². The van der Waals surface area contributed by atoms with Crippen LogP contribution in [0.15, 0.2) is 29.8 Å². The van der Waals surface area contributed by atoms with Crippen molar-refractivity contribution >= 4 is 23.6 Å². The first-order valence-electron chi connectivity index (χ1n) is 7.93. The predicted octanol–water partition coefficient (Wildman–Crippen LogP) is 4.06. The number of carbonyl (C=O) groups excluding carboxylic acids is 1. The average Bonchev–Trinajstić information content (AvgIpc) is 2.80. The Labute approximate surface area is 152 Å². The molecule has 0 spiro atoms. The van der Waals surface area contributed by atoms with Crippen LogP contribution < -0.4 is 0 Å². The number of benzene rings is 1. The first kappa shape index (κ1) is 18.8. The number of hydrogen-bond donors (Lipinski definition) is 0. The Morgan fingerprint density at radius 3 is 2.56 bits per heavy atom. The molecule has 2 rings (SSSR count). The minimum Gasteiger partial charge on any atom is -0.459 e. The van der Waals surface area contributed by atoms with E-state index in [-0.39, 0.29) is 11.7 Å². The first-order chi connectivity index (χ1) is 11.8. The summed E-state index contributed by atoms with van der Waals surface area (Å²) in [5.41, 5.74) is 3.32. The Morgan fingerprint density at radius 2 is 2.00 bits per heavy atom. The van der Waals surface area contributed by atoms with Crippen molar-refractivity contribution in [3.8, 4) is 6.07 Å². The molecule has 0 amide bonds. The Morgan fingerprint density at radius 1 is 1.36 bits per heavy atom. The van der Waals surface area contributed by atoms with Crippen LogP contribution in [-0.4, -0.2) is 21.9 Å². The number of nitriles is 1. The summed E-state index contributed by atoms with van der Waals surface area (Å²) in [5, 5.41) is 14.0. The number of hydrogen-bond acceptors (Lipinski definition) is 4. The Hall–Kier alpha value is -2.58. The summed E-state index contributed by atoms with van der Waals surface area (Å²) in [5.74, 6) is -0.667. The highest BCUT2D eigenvalue weighted by Gasteiger charge is 2.17. The van der Waals surface area contributed by atoms with Gasteiger partial charge in [-0.2, -0.15) is 10.4 Å². The number of ether oxygens (including phenoxy) is 1. The Kier molecular flexibility index (Phi) is 6.00. The van der Waals surface area contributed by atoms with E-state index in [1.165, 1.54) is 11.6 Å². The van der Waals surface area contributed by atoms with E-state index in [2.05, 4.69) is 5.10 Å². The third kappa shape index (κ3) is 4.71. The molecule has 0 radical (unpaired) electrons. The number of carbonyl (C=O) groups is 1. The van der Waals surface area contributed by atoms with Gasteiger partial charge in [-0.15, -0.1) is 0 Å². The summed E-state index contributed by atoms with van der Waals surface area (Å²) in [7, 11) is 0. The minimum absolute atomic E-state index is 0.103. The SMILES string of the molecule is Cc1ccc(Cn2nc(C)c(/C=C(\C#N)C(=O)OC(C)C)c2Cl)cc1. The maximum Gasteiger partial charge on any atom is 0.349 e. The third-order valence-electron chi connectivity index (χ3n) is 3.53. The number of aryl methyl sites for hydroxylation is 2. The molecule has 0 unspecified atom stereocenters. The topological polar surface area (TPSA) is 67.9 Å². The van der Waals surface area contributed by atoms with Crippen LogP contribution in [0.2, 0.25) is 5.15 Å². The van der Waals surface area contributed by atoms with Gasteiger partial charge in [0.2, 0.25) is 0 Å². The first-order valence-corrected chi connectivity index (χ1v) is 8.30. The lowest BCUT2D eigenvalue weighted by Gasteiger charge is -2.06. The summed E-state index contributed by atoms with van der Waals surface area (Å²) in [6.07, 6.45) is 1.13. The molecule has 1 aromatic heterocycles. The molecule has 2 aromatic rings. The molecule has 0 aliphatic rings. The van der Waals surface area contributed by atoms with E-state index in [0.717, 1.165) is 5.56 Å². The molecule has 1 heterocycles. The maximum absolute atomic E-state index is 12.0. The lowest BCUT2D eigenvalue weighted by Crippen LogP contribution is -2.12. The highest BCUT2D eigenvalue weighted by atomic mass is 35.5. The molecule has 1 aromatic carbocycles. The van der Waals surface area contributed by atoms with E-state index < -0.39 is 5.97 Å². The van der Waals surface area contributed by atoms with Crippen LogP contribution in [0.1, 0.15) is 36.2 Å². The zero-order chi connectivity index (χ0) is 18.6. The normalized spacial score (nSPS) is 11.5. The largest absolute Gasteiger partial charge is 0.459 e. The summed E-state index contributed by atoms with van der Waals surface area (Å²) in [6.45, 7) is 7.77. The van der Waals surface area contributed by atoms with Gasteiger partial charge < -0.3 is 4.74 Å². The van der Waals surface area contributed by atoms with Crippen LogP contribution in [0.3, 0.4) is 0 Å². The molecule has 25 heavy (non-hydrogen) atoms. The maximum atomic E-state index is 12.0. The molecule has 0 aliphatic carbocycles. The number of esters is 1. The van der Waals surface area contributed by atoms with E-state index >= 15 is 0 Å². The zero-order valence-corrected chi connectivity index (χ0v) is 15.5. The van der Waals surface area contributed by atoms with E-state index in [0.29, 0.717) is 23.0 Å². The summed E-state index contributed by atoms with van der Waals surface area (Å²) < 4.78 is 6.72. The standard InChI is InChI=1S/C19H20ClN3O2/c1-12(2)25-19(24)16(10-21)9-17-14(4)22-23(18(17)20)11-15-7-5-13(3)6-8-15/h5-9,12H,11H2,1-4H3/b16-9+. The number of rotatable bonds is 5.